The molecule has 4 nitrogen and oxygen atoms in total. The first-order valence-electron chi connectivity index (χ1n) is 6.99. The van der Waals surface area contributed by atoms with E-state index in [1.807, 2.05) is 6.07 Å². The van der Waals surface area contributed by atoms with Crippen LogP contribution in [-0.2, 0) is 4.79 Å². The molecule has 2 N–H and O–H groups in total. The summed E-state index contributed by atoms with van der Waals surface area (Å²) in [4.78, 5) is 19.9. The van der Waals surface area contributed by atoms with Gasteiger partial charge in [-0.1, -0.05) is 46.6 Å². The van der Waals surface area contributed by atoms with Crippen molar-refractivity contribution in [1.82, 2.24) is 9.97 Å². The van der Waals surface area contributed by atoms with Gasteiger partial charge in [0, 0.05) is 20.8 Å². The molecule has 124 valence electrons. The molecule has 0 saturated heterocycles. The predicted molar refractivity (Wildman–Crippen MR) is 102 cm³/mol. The number of imidazole rings is 1. The van der Waals surface area contributed by atoms with Crippen LogP contribution >= 0.6 is 46.6 Å². The van der Waals surface area contributed by atoms with Crippen LogP contribution in [0.3, 0.4) is 0 Å². The molecule has 24 heavy (non-hydrogen) atoms. The number of aromatic amines is 1. The topological polar surface area (TPSA) is 57.8 Å². The Morgan fingerprint density at radius 3 is 2.54 bits per heavy atom. The third kappa shape index (κ3) is 4.16. The van der Waals surface area contributed by atoms with Crippen LogP contribution in [-0.4, -0.2) is 21.1 Å². The molecule has 2 aromatic carbocycles. The number of anilines is 1. The number of hydrogen-bond acceptors (Lipinski definition) is 3. The molecule has 1 amide bonds. The lowest BCUT2D eigenvalue weighted by atomic mass is 10.3. The number of thioether (sulfide) groups is 1. The maximum Gasteiger partial charge on any atom is 0.237 e. The fourth-order valence-electron chi connectivity index (χ4n) is 2.11. The molecule has 0 unspecified atom stereocenters. The van der Waals surface area contributed by atoms with Crippen molar-refractivity contribution in [3.05, 3.63) is 51.5 Å². The number of fused-ring (bicyclic) bond motifs is 1. The Balaban J connectivity index is 1.70. The highest BCUT2D eigenvalue weighted by Crippen LogP contribution is 2.27. The van der Waals surface area contributed by atoms with Gasteiger partial charge in [0.15, 0.2) is 5.16 Å². The number of nitrogens with one attached hydrogen (secondary N) is 2. The summed E-state index contributed by atoms with van der Waals surface area (Å²) < 4.78 is 0. The zero-order valence-electron chi connectivity index (χ0n) is 12.4. The molecular formula is C16H12Cl3N3OS. The van der Waals surface area contributed by atoms with E-state index in [1.165, 1.54) is 11.8 Å². The summed E-state index contributed by atoms with van der Waals surface area (Å²) in [6.45, 7) is 1.80. The SMILES string of the molecule is C[C@H](Sc1nc2ccc(Cl)cc2[nH]1)C(=O)Nc1cc(Cl)cc(Cl)c1. The molecule has 0 spiro atoms. The monoisotopic (exact) mass is 399 g/mol. The Morgan fingerprint density at radius 1 is 1.12 bits per heavy atom. The summed E-state index contributed by atoms with van der Waals surface area (Å²) in [6.07, 6.45) is 0. The van der Waals surface area contributed by atoms with Gasteiger partial charge >= 0.3 is 0 Å². The van der Waals surface area contributed by atoms with Crippen molar-refractivity contribution in [2.24, 2.45) is 0 Å². The number of hydrogen-bond donors (Lipinski definition) is 2. The fourth-order valence-corrected chi connectivity index (χ4v) is 3.62. The Bertz CT molecular complexity index is 892. The van der Waals surface area contributed by atoms with Gasteiger partial charge in [-0.2, -0.15) is 0 Å². The quantitative estimate of drug-likeness (QED) is 0.557. The number of amides is 1. The van der Waals surface area contributed by atoms with Crippen LogP contribution in [0.4, 0.5) is 5.69 Å². The van der Waals surface area contributed by atoms with Crippen molar-refractivity contribution in [3.63, 3.8) is 0 Å². The van der Waals surface area contributed by atoms with Gasteiger partial charge in [-0.3, -0.25) is 4.79 Å². The van der Waals surface area contributed by atoms with E-state index in [-0.39, 0.29) is 11.2 Å². The smallest absolute Gasteiger partial charge is 0.237 e. The van der Waals surface area contributed by atoms with E-state index >= 15 is 0 Å². The van der Waals surface area contributed by atoms with E-state index in [4.69, 9.17) is 34.8 Å². The Hall–Kier alpha value is -1.40. The third-order valence-electron chi connectivity index (χ3n) is 3.21. The molecule has 0 fully saturated rings. The zero-order chi connectivity index (χ0) is 17.3. The number of rotatable bonds is 4. The average Bonchev–Trinajstić information content (AvgIpc) is 2.87. The van der Waals surface area contributed by atoms with Crippen LogP contribution in [0.15, 0.2) is 41.6 Å². The minimum Gasteiger partial charge on any atom is -0.333 e. The lowest BCUT2D eigenvalue weighted by Crippen LogP contribution is -2.22. The first kappa shape index (κ1) is 17.4. The van der Waals surface area contributed by atoms with Crippen LogP contribution in [0.25, 0.3) is 11.0 Å². The molecular weight excluding hydrogens is 389 g/mol. The van der Waals surface area contributed by atoms with Crippen molar-refractivity contribution < 1.29 is 4.79 Å². The Kier molecular flexibility index (Phi) is 5.25. The molecule has 0 saturated carbocycles. The van der Waals surface area contributed by atoms with Crippen LogP contribution < -0.4 is 5.32 Å². The first-order chi connectivity index (χ1) is 11.4. The fraction of sp³-hybridized carbons (Fsp3) is 0.125. The van der Waals surface area contributed by atoms with Crippen LogP contribution in [0.2, 0.25) is 15.1 Å². The Morgan fingerprint density at radius 2 is 1.83 bits per heavy atom. The molecule has 0 aliphatic heterocycles. The minimum atomic E-state index is -0.362. The van der Waals surface area contributed by atoms with Gasteiger partial charge in [0.05, 0.1) is 16.3 Å². The molecule has 0 radical (unpaired) electrons. The molecule has 1 atom stereocenters. The Labute approximate surface area is 157 Å². The standard InChI is InChI=1S/C16H12Cl3N3OS/c1-8(15(23)20-12-5-10(18)4-11(19)6-12)24-16-21-13-3-2-9(17)7-14(13)22-16/h2-8H,1H3,(H,20,23)(H,21,22)/t8-/m0/s1. The van der Waals surface area contributed by atoms with Crippen molar-refractivity contribution in [2.45, 2.75) is 17.3 Å². The molecule has 0 bridgehead atoms. The summed E-state index contributed by atoms with van der Waals surface area (Å²) in [5.41, 5.74) is 2.19. The number of aromatic nitrogens is 2. The number of nitrogens with zero attached hydrogens (tertiary/aromatic N) is 1. The highest BCUT2D eigenvalue weighted by atomic mass is 35.5. The van der Waals surface area contributed by atoms with Crippen molar-refractivity contribution >= 4 is 69.2 Å². The average molecular weight is 401 g/mol. The van der Waals surface area contributed by atoms with Gasteiger partial charge < -0.3 is 10.3 Å². The number of halogens is 3. The number of benzene rings is 2. The van der Waals surface area contributed by atoms with Gasteiger partial charge in [-0.25, -0.2) is 4.98 Å². The highest BCUT2D eigenvalue weighted by Gasteiger charge is 2.17. The van der Waals surface area contributed by atoms with Crippen LogP contribution in [0, 0.1) is 0 Å². The number of carbonyl (C=O) groups excluding carboxylic acids is 1. The van der Waals surface area contributed by atoms with E-state index in [9.17, 15) is 4.79 Å². The maximum atomic E-state index is 12.3. The van der Waals surface area contributed by atoms with Gasteiger partial charge in [0.25, 0.3) is 0 Å². The largest absolute Gasteiger partial charge is 0.333 e. The summed E-state index contributed by atoms with van der Waals surface area (Å²) >= 11 is 19.2. The summed E-state index contributed by atoms with van der Waals surface area (Å²) in [7, 11) is 0. The predicted octanol–water partition coefficient (Wildman–Crippen LogP) is 5.64. The van der Waals surface area contributed by atoms with E-state index in [0.717, 1.165) is 11.0 Å². The minimum absolute atomic E-state index is 0.170. The zero-order valence-corrected chi connectivity index (χ0v) is 15.5. The molecule has 1 heterocycles. The van der Waals surface area contributed by atoms with Gasteiger partial charge in [-0.15, -0.1) is 0 Å². The van der Waals surface area contributed by atoms with Crippen LogP contribution in [0.5, 0.6) is 0 Å². The molecule has 0 aliphatic rings. The van der Waals surface area contributed by atoms with E-state index in [0.29, 0.717) is 25.9 Å². The first-order valence-corrected chi connectivity index (χ1v) is 9.01. The second-order valence-corrected chi connectivity index (χ2v) is 7.75. The van der Waals surface area contributed by atoms with Gasteiger partial charge in [0.1, 0.15) is 0 Å². The molecule has 3 rings (SSSR count). The number of carbonyl (C=O) groups is 1. The second kappa shape index (κ2) is 7.23. The van der Waals surface area contributed by atoms with Crippen molar-refractivity contribution in [1.29, 1.82) is 0 Å². The lowest BCUT2D eigenvalue weighted by molar-refractivity contribution is -0.115. The summed E-state index contributed by atoms with van der Waals surface area (Å²) in [5.74, 6) is -0.170. The van der Waals surface area contributed by atoms with E-state index in [1.54, 1.807) is 37.3 Å². The maximum absolute atomic E-state index is 12.3. The van der Waals surface area contributed by atoms with Crippen molar-refractivity contribution in [2.75, 3.05) is 5.32 Å². The molecule has 3 aromatic rings. The van der Waals surface area contributed by atoms with Gasteiger partial charge in [-0.05, 0) is 43.3 Å². The second-order valence-electron chi connectivity index (χ2n) is 5.11. The highest BCUT2D eigenvalue weighted by molar-refractivity contribution is 8.00. The van der Waals surface area contributed by atoms with E-state index < -0.39 is 0 Å². The van der Waals surface area contributed by atoms with Crippen molar-refractivity contribution in [3.8, 4) is 0 Å². The summed E-state index contributed by atoms with van der Waals surface area (Å²) in [5, 5.41) is 4.65. The van der Waals surface area contributed by atoms with Gasteiger partial charge in [0.2, 0.25) is 5.91 Å². The molecule has 1 aromatic heterocycles. The van der Waals surface area contributed by atoms with Crippen LogP contribution in [0.1, 0.15) is 6.92 Å². The molecule has 8 heteroatoms. The molecule has 0 aliphatic carbocycles. The normalized spacial score (nSPS) is 12.3. The third-order valence-corrected chi connectivity index (χ3v) is 4.87. The summed E-state index contributed by atoms with van der Waals surface area (Å²) in [6, 6.07) is 10.3. The van der Waals surface area contributed by atoms with E-state index in [2.05, 4.69) is 15.3 Å². The lowest BCUT2D eigenvalue weighted by Gasteiger charge is -2.11. The number of H-pyrrole nitrogens is 1.